The van der Waals surface area contributed by atoms with Crippen LogP contribution in [0.5, 0.6) is 11.5 Å². The molecule has 3 aromatic carbocycles. The zero-order chi connectivity index (χ0) is 19.8. The summed E-state index contributed by atoms with van der Waals surface area (Å²) in [4.78, 5) is 0. The van der Waals surface area contributed by atoms with Crippen LogP contribution in [0.1, 0.15) is 44.2 Å². The molecule has 3 aromatic rings. The smallest absolute Gasteiger partial charge is 0.146 e. The normalized spacial score (nSPS) is 10.4. The molecule has 0 aromatic heterocycles. The van der Waals surface area contributed by atoms with Crippen LogP contribution in [0.25, 0.3) is 10.8 Å². The van der Waals surface area contributed by atoms with Gasteiger partial charge >= 0.3 is 0 Å². The van der Waals surface area contributed by atoms with Gasteiger partial charge < -0.3 is 10.2 Å². The summed E-state index contributed by atoms with van der Waals surface area (Å²) in [6.07, 6.45) is 4.08. The van der Waals surface area contributed by atoms with Crippen molar-refractivity contribution in [3.05, 3.63) is 59.7 Å². The predicted octanol–water partition coefficient (Wildman–Crippen LogP) is 7.48. The summed E-state index contributed by atoms with van der Waals surface area (Å²) in [5.41, 5.74) is 2.66. The van der Waals surface area contributed by atoms with Crippen LogP contribution in [-0.4, -0.2) is 10.2 Å². The molecule has 0 unspecified atom stereocenters. The Labute approximate surface area is 177 Å². The van der Waals surface area contributed by atoms with Crippen LogP contribution in [-0.2, 0) is 17.1 Å². The number of azo groups is 1. The summed E-state index contributed by atoms with van der Waals surface area (Å²) in [6, 6.07) is 14.6. The third-order valence-corrected chi connectivity index (χ3v) is 4.28. The molecule has 0 fully saturated rings. The van der Waals surface area contributed by atoms with E-state index in [1.807, 2.05) is 38.1 Å². The number of phenolic OH excluding ortho intramolecular Hbond substituents is 2. The van der Waals surface area contributed by atoms with Gasteiger partial charge in [-0.25, -0.2) is 0 Å². The van der Waals surface area contributed by atoms with E-state index in [0.717, 1.165) is 21.9 Å². The number of nitrogens with zero attached hydrogens (tertiary/aromatic N) is 2. The molecule has 0 spiro atoms. The Balaban J connectivity index is 0.000000584. The summed E-state index contributed by atoms with van der Waals surface area (Å²) < 4.78 is 0. The van der Waals surface area contributed by atoms with Gasteiger partial charge in [0.15, 0.2) is 0 Å². The van der Waals surface area contributed by atoms with Gasteiger partial charge in [0.2, 0.25) is 0 Å². The van der Waals surface area contributed by atoms with Gasteiger partial charge in [-0.15, -0.1) is 10.2 Å². The van der Waals surface area contributed by atoms with Crippen molar-refractivity contribution in [1.29, 1.82) is 0 Å². The molecule has 0 bridgehead atoms. The molecule has 0 aliphatic heterocycles. The van der Waals surface area contributed by atoms with E-state index in [4.69, 9.17) is 0 Å². The number of para-hydroxylation sites is 1. The first kappa shape index (κ1) is 23.7. The van der Waals surface area contributed by atoms with Crippen LogP contribution in [0, 0.1) is 13.8 Å². The number of rotatable bonds is 4. The fraction of sp³-hybridized carbons (Fsp3) is 0.304. The van der Waals surface area contributed by atoms with Gasteiger partial charge in [-0.05, 0) is 43.0 Å². The Morgan fingerprint density at radius 1 is 0.857 bits per heavy atom. The Morgan fingerprint density at radius 3 is 2.14 bits per heavy atom. The van der Waals surface area contributed by atoms with E-state index in [0.29, 0.717) is 11.4 Å². The van der Waals surface area contributed by atoms with Crippen LogP contribution in [0.3, 0.4) is 0 Å². The maximum Gasteiger partial charge on any atom is 0.146 e. The van der Waals surface area contributed by atoms with Crippen LogP contribution in [0.15, 0.2) is 58.8 Å². The monoisotopic (exact) mass is 427 g/mol. The molecule has 0 atom stereocenters. The number of aromatic hydroxyl groups is 2. The third-order valence-electron chi connectivity index (χ3n) is 4.28. The van der Waals surface area contributed by atoms with Gasteiger partial charge in [-0.1, -0.05) is 69.0 Å². The number of unbranched alkanes of at least 4 members (excludes halogenated alkanes) is 2. The second-order valence-corrected chi connectivity index (χ2v) is 6.66. The fourth-order valence-corrected chi connectivity index (χ4v) is 2.74. The molecule has 5 heteroatoms. The molecule has 28 heavy (non-hydrogen) atoms. The molecule has 2 N–H and O–H groups in total. The zero-order valence-corrected chi connectivity index (χ0v) is 17.8. The van der Waals surface area contributed by atoms with Crippen LogP contribution < -0.4 is 0 Å². The minimum Gasteiger partial charge on any atom is -0.506 e. The van der Waals surface area contributed by atoms with Crippen LogP contribution in [0.4, 0.5) is 11.4 Å². The maximum atomic E-state index is 10.3. The number of fused-ring (bicyclic) bond motifs is 1. The Morgan fingerprint density at radius 2 is 1.54 bits per heavy atom. The Bertz CT molecular complexity index is 937. The van der Waals surface area contributed by atoms with E-state index < -0.39 is 0 Å². The van der Waals surface area contributed by atoms with E-state index in [1.54, 1.807) is 24.3 Å². The first-order valence-corrected chi connectivity index (χ1v) is 9.40. The molecule has 1 radical (unpaired) electrons. The third kappa shape index (κ3) is 6.08. The van der Waals surface area contributed by atoms with Crippen molar-refractivity contribution in [2.45, 2.75) is 47.0 Å². The summed E-state index contributed by atoms with van der Waals surface area (Å²) in [6.45, 7) is 8.27. The quantitative estimate of drug-likeness (QED) is 0.334. The molecule has 0 saturated carbocycles. The van der Waals surface area contributed by atoms with Gasteiger partial charge in [0.05, 0.1) is 0 Å². The van der Waals surface area contributed by atoms with Gasteiger partial charge in [-0.3, -0.25) is 0 Å². The molecular formula is C23H28CuN2O2. The molecule has 0 saturated heterocycles. The number of phenols is 2. The van der Waals surface area contributed by atoms with E-state index in [1.165, 1.54) is 19.3 Å². The van der Waals surface area contributed by atoms with Crippen molar-refractivity contribution >= 4 is 22.1 Å². The van der Waals surface area contributed by atoms with Crippen molar-refractivity contribution in [2.24, 2.45) is 10.2 Å². The number of hydrogen-bond donors (Lipinski definition) is 2. The summed E-state index contributed by atoms with van der Waals surface area (Å²) in [5, 5.41) is 30.1. The predicted molar refractivity (Wildman–Crippen MR) is 113 cm³/mol. The topological polar surface area (TPSA) is 65.2 Å². The first-order chi connectivity index (χ1) is 13.0. The van der Waals surface area contributed by atoms with Crippen molar-refractivity contribution < 1.29 is 27.3 Å². The molecule has 0 heterocycles. The van der Waals surface area contributed by atoms with Crippen LogP contribution >= 0.6 is 0 Å². The minimum absolute atomic E-state index is 0. The number of benzene rings is 3. The molecule has 3 rings (SSSR count). The molecule has 0 amide bonds. The largest absolute Gasteiger partial charge is 0.506 e. The van der Waals surface area contributed by atoms with Crippen molar-refractivity contribution in [3.8, 4) is 11.5 Å². The van der Waals surface area contributed by atoms with Crippen molar-refractivity contribution in [3.63, 3.8) is 0 Å². The average Bonchev–Trinajstić information content (AvgIpc) is 2.65. The Hall–Kier alpha value is -2.36. The average molecular weight is 428 g/mol. The van der Waals surface area contributed by atoms with E-state index in [-0.39, 0.29) is 28.6 Å². The SMILES string of the molecule is CCCCC.Cc1ccc2c(N=Nc3ccccc3O)c(O)c(C)cc2c1.[Cu]. The van der Waals surface area contributed by atoms with Gasteiger partial charge in [0.1, 0.15) is 22.9 Å². The van der Waals surface area contributed by atoms with E-state index in [9.17, 15) is 10.2 Å². The standard InChI is InChI=1S/C18H16N2O2.C5H12.Cu/c1-11-7-8-14-13(9-11)10-12(2)18(22)17(14)20-19-15-5-3-4-6-16(15)21;1-3-5-4-2;/h3-10,21-22H,1-2H3;3-5H2,1-2H3;. The number of hydrogen-bond acceptors (Lipinski definition) is 4. The molecule has 0 aliphatic rings. The molecule has 153 valence electrons. The second kappa shape index (κ2) is 11.5. The minimum atomic E-state index is 0. The molecule has 4 nitrogen and oxygen atoms in total. The molecule has 0 aliphatic carbocycles. The number of aryl methyl sites for hydroxylation is 2. The van der Waals surface area contributed by atoms with Gasteiger partial charge in [0, 0.05) is 22.5 Å². The van der Waals surface area contributed by atoms with E-state index >= 15 is 0 Å². The second-order valence-electron chi connectivity index (χ2n) is 6.66. The first-order valence-electron chi connectivity index (χ1n) is 9.40. The van der Waals surface area contributed by atoms with E-state index in [2.05, 4.69) is 24.1 Å². The van der Waals surface area contributed by atoms with Crippen molar-refractivity contribution in [2.75, 3.05) is 0 Å². The van der Waals surface area contributed by atoms with Crippen LogP contribution in [0.2, 0.25) is 0 Å². The van der Waals surface area contributed by atoms with Gasteiger partial charge in [-0.2, -0.15) is 0 Å². The zero-order valence-electron chi connectivity index (χ0n) is 16.8. The maximum absolute atomic E-state index is 10.3. The molecular weight excluding hydrogens is 400 g/mol. The van der Waals surface area contributed by atoms with Gasteiger partial charge in [0.25, 0.3) is 0 Å². The summed E-state index contributed by atoms with van der Waals surface area (Å²) >= 11 is 0. The van der Waals surface area contributed by atoms with Crippen molar-refractivity contribution in [1.82, 2.24) is 0 Å². The summed E-state index contributed by atoms with van der Waals surface area (Å²) in [5.74, 6) is 0.161. The summed E-state index contributed by atoms with van der Waals surface area (Å²) in [7, 11) is 0. The Kier molecular flexibility index (Phi) is 9.70. The fourth-order valence-electron chi connectivity index (χ4n) is 2.74.